The van der Waals surface area contributed by atoms with Crippen LogP contribution in [0.1, 0.15) is 51.4 Å². The van der Waals surface area contributed by atoms with E-state index < -0.39 is 0 Å². The van der Waals surface area contributed by atoms with E-state index in [-0.39, 0.29) is 24.3 Å². The summed E-state index contributed by atoms with van der Waals surface area (Å²) in [7, 11) is 1.65. The summed E-state index contributed by atoms with van der Waals surface area (Å²) in [6.07, 6.45) is 4.12. The van der Waals surface area contributed by atoms with Crippen LogP contribution in [0.3, 0.4) is 0 Å². The molecule has 0 bridgehead atoms. The fraction of sp³-hybridized carbons (Fsp3) is 0.769. The Kier molecular flexibility index (Phi) is 4.44. The van der Waals surface area contributed by atoms with Crippen molar-refractivity contribution in [1.29, 1.82) is 0 Å². The first-order valence-corrected chi connectivity index (χ1v) is 6.81. The standard InChI is InChI=1S/C13H24N4O2/c1-8(2)17-13(11(18-4)7-15-17)12(16-14)10-6-5-9(3)19-10/h7-10,12,16H,5-6,14H2,1-4H3. The summed E-state index contributed by atoms with van der Waals surface area (Å²) >= 11 is 0. The Morgan fingerprint density at radius 2 is 2.26 bits per heavy atom. The molecule has 1 aliphatic rings. The van der Waals surface area contributed by atoms with Gasteiger partial charge < -0.3 is 9.47 Å². The Bertz CT molecular complexity index is 419. The number of hydrogen-bond acceptors (Lipinski definition) is 5. The van der Waals surface area contributed by atoms with Gasteiger partial charge in [-0.25, -0.2) is 5.43 Å². The molecule has 1 fully saturated rings. The van der Waals surface area contributed by atoms with Crippen LogP contribution in [0.2, 0.25) is 0 Å². The van der Waals surface area contributed by atoms with Crippen molar-refractivity contribution in [2.24, 2.45) is 5.84 Å². The molecule has 6 nitrogen and oxygen atoms in total. The van der Waals surface area contributed by atoms with Crippen molar-refractivity contribution in [1.82, 2.24) is 15.2 Å². The van der Waals surface area contributed by atoms with Gasteiger partial charge >= 0.3 is 0 Å². The van der Waals surface area contributed by atoms with E-state index in [0.717, 1.165) is 24.3 Å². The molecular weight excluding hydrogens is 244 g/mol. The topological polar surface area (TPSA) is 74.3 Å². The maximum atomic E-state index is 5.93. The van der Waals surface area contributed by atoms with E-state index in [1.54, 1.807) is 13.3 Å². The Hall–Kier alpha value is -1.11. The summed E-state index contributed by atoms with van der Waals surface area (Å²) in [6, 6.07) is 0.137. The number of hydrogen-bond donors (Lipinski definition) is 2. The zero-order valence-corrected chi connectivity index (χ0v) is 12.1. The zero-order chi connectivity index (χ0) is 14.0. The predicted octanol–water partition coefficient (Wildman–Crippen LogP) is 1.54. The Morgan fingerprint density at radius 1 is 1.53 bits per heavy atom. The first kappa shape index (κ1) is 14.3. The molecule has 0 aliphatic carbocycles. The quantitative estimate of drug-likeness (QED) is 0.626. The van der Waals surface area contributed by atoms with E-state index in [2.05, 4.69) is 31.3 Å². The van der Waals surface area contributed by atoms with Crippen molar-refractivity contribution in [3.05, 3.63) is 11.9 Å². The first-order chi connectivity index (χ1) is 9.08. The number of methoxy groups -OCH3 is 1. The molecule has 1 aromatic rings. The van der Waals surface area contributed by atoms with Gasteiger partial charge in [-0.2, -0.15) is 5.10 Å². The van der Waals surface area contributed by atoms with Crippen molar-refractivity contribution in [2.75, 3.05) is 7.11 Å². The van der Waals surface area contributed by atoms with Crippen LogP contribution in [-0.2, 0) is 4.74 Å². The average Bonchev–Trinajstić information content (AvgIpc) is 2.97. The third-order valence-electron chi connectivity index (χ3n) is 3.62. The molecule has 0 radical (unpaired) electrons. The van der Waals surface area contributed by atoms with Crippen LogP contribution in [0.25, 0.3) is 0 Å². The van der Waals surface area contributed by atoms with Crippen LogP contribution in [0.15, 0.2) is 6.20 Å². The molecule has 2 rings (SSSR count). The van der Waals surface area contributed by atoms with E-state index in [1.807, 2.05) is 4.68 Å². The number of hydrazine groups is 1. The Labute approximate surface area is 114 Å². The predicted molar refractivity (Wildman–Crippen MR) is 72.8 cm³/mol. The lowest BCUT2D eigenvalue weighted by molar-refractivity contribution is 0.0288. The van der Waals surface area contributed by atoms with Gasteiger partial charge in [0.25, 0.3) is 0 Å². The molecule has 0 aromatic carbocycles. The summed E-state index contributed by atoms with van der Waals surface area (Å²) in [5.41, 5.74) is 3.83. The Balaban J connectivity index is 2.33. The van der Waals surface area contributed by atoms with Gasteiger partial charge in [-0.1, -0.05) is 0 Å². The number of rotatable bonds is 5. The lowest BCUT2D eigenvalue weighted by atomic mass is 10.0. The lowest BCUT2D eigenvalue weighted by Crippen LogP contribution is -2.38. The molecule has 0 spiro atoms. The molecule has 0 saturated carbocycles. The van der Waals surface area contributed by atoms with Gasteiger partial charge in [0.2, 0.25) is 0 Å². The van der Waals surface area contributed by atoms with Crippen molar-refractivity contribution < 1.29 is 9.47 Å². The fourth-order valence-corrected chi connectivity index (χ4v) is 2.66. The molecule has 0 amide bonds. The van der Waals surface area contributed by atoms with Crippen LogP contribution >= 0.6 is 0 Å². The molecule has 19 heavy (non-hydrogen) atoms. The van der Waals surface area contributed by atoms with E-state index in [1.165, 1.54) is 0 Å². The van der Waals surface area contributed by atoms with Gasteiger partial charge in [0.15, 0.2) is 5.75 Å². The van der Waals surface area contributed by atoms with E-state index in [9.17, 15) is 0 Å². The highest BCUT2D eigenvalue weighted by atomic mass is 16.5. The third-order valence-corrected chi connectivity index (χ3v) is 3.62. The fourth-order valence-electron chi connectivity index (χ4n) is 2.66. The highest BCUT2D eigenvalue weighted by molar-refractivity contribution is 5.29. The number of nitrogens with zero attached hydrogens (tertiary/aromatic N) is 2. The molecule has 1 saturated heterocycles. The number of aromatic nitrogens is 2. The summed E-state index contributed by atoms with van der Waals surface area (Å²) < 4.78 is 13.3. The van der Waals surface area contributed by atoms with Gasteiger partial charge in [-0.15, -0.1) is 0 Å². The van der Waals surface area contributed by atoms with Gasteiger partial charge in [-0.05, 0) is 33.6 Å². The van der Waals surface area contributed by atoms with Crippen molar-refractivity contribution >= 4 is 0 Å². The molecule has 108 valence electrons. The third kappa shape index (κ3) is 2.75. The molecule has 1 aliphatic heterocycles. The normalized spacial score (nSPS) is 24.9. The monoisotopic (exact) mass is 268 g/mol. The van der Waals surface area contributed by atoms with Crippen LogP contribution in [0.5, 0.6) is 5.75 Å². The SMILES string of the molecule is COc1cnn(C(C)C)c1C(NN)C1CCC(C)O1. The average molecular weight is 268 g/mol. The second-order valence-corrected chi connectivity index (χ2v) is 5.34. The second kappa shape index (κ2) is 5.90. The highest BCUT2D eigenvalue weighted by Crippen LogP contribution is 2.35. The number of nitrogens with two attached hydrogens (primary N) is 1. The highest BCUT2D eigenvalue weighted by Gasteiger charge is 2.34. The summed E-state index contributed by atoms with van der Waals surface area (Å²) in [6.45, 7) is 6.26. The minimum absolute atomic E-state index is 0.0584. The van der Waals surface area contributed by atoms with E-state index in [4.69, 9.17) is 15.3 Å². The molecule has 3 N–H and O–H groups in total. The molecule has 6 heteroatoms. The molecule has 3 atom stereocenters. The van der Waals surface area contributed by atoms with E-state index >= 15 is 0 Å². The van der Waals surface area contributed by atoms with Crippen molar-refractivity contribution in [3.63, 3.8) is 0 Å². The Morgan fingerprint density at radius 3 is 2.74 bits per heavy atom. The maximum Gasteiger partial charge on any atom is 0.161 e. The van der Waals surface area contributed by atoms with Crippen LogP contribution in [-0.4, -0.2) is 29.1 Å². The van der Waals surface area contributed by atoms with Crippen LogP contribution in [0, 0.1) is 0 Å². The van der Waals surface area contributed by atoms with Crippen molar-refractivity contribution in [2.45, 2.75) is 57.9 Å². The van der Waals surface area contributed by atoms with Gasteiger partial charge in [0.1, 0.15) is 5.69 Å². The van der Waals surface area contributed by atoms with E-state index in [0.29, 0.717) is 0 Å². The maximum absolute atomic E-state index is 5.93. The molecule has 1 aromatic heterocycles. The van der Waals surface area contributed by atoms with Gasteiger partial charge in [0.05, 0.1) is 31.6 Å². The molecule has 3 unspecified atom stereocenters. The number of ether oxygens (including phenoxy) is 2. The summed E-state index contributed by atoms with van der Waals surface area (Å²) in [4.78, 5) is 0. The van der Waals surface area contributed by atoms with Crippen LogP contribution in [0.4, 0.5) is 0 Å². The van der Waals surface area contributed by atoms with Crippen molar-refractivity contribution in [3.8, 4) is 5.75 Å². The second-order valence-electron chi connectivity index (χ2n) is 5.34. The van der Waals surface area contributed by atoms with Crippen LogP contribution < -0.4 is 16.0 Å². The minimum atomic E-state index is -0.107. The molecular formula is C13H24N4O2. The molecule has 2 heterocycles. The lowest BCUT2D eigenvalue weighted by Gasteiger charge is -2.25. The van der Waals surface area contributed by atoms with Gasteiger partial charge in [-0.3, -0.25) is 10.5 Å². The minimum Gasteiger partial charge on any atom is -0.493 e. The van der Waals surface area contributed by atoms with Gasteiger partial charge in [0, 0.05) is 6.04 Å². The zero-order valence-electron chi connectivity index (χ0n) is 12.1. The number of nitrogens with one attached hydrogen (secondary N) is 1. The first-order valence-electron chi connectivity index (χ1n) is 6.81. The summed E-state index contributed by atoms with van der Waals surface area (Å²) in [5.74, 6) is 6.51. The largest absolute Gasteiger partial charge is 0.493 e. The summed E-state index contributed by atoms with van der Waals surface area (Å²) in [5, 5.41) is 4.39. The smallest absolute Gasteiger partial charge is 0.161 e.